The van der Waals surface area contributed by atoms with E-state index in [1.807, 2.05) is 60.1 Å². The van der Waals surface area contributed by atoms with Crippen molar-refractivity contribution in [1.82, 2.24) is 9.97 Å². The van der Waals surface area contributed by atoms with Crippen LogP contribution in [0.4, 0.5) is 34.1 Å². The number of thiophene rings is 1. The molecule has 0 saturated heterocycles. The van der Waals surface area contributed by atoms with Crippen molar-refractivity contribution >= 4 is 87.6 Å². The van der Waals surface area contributed by atoms with Crippen LogP contribution < -0.4 is 9.80 Å². The van der Waals surface area contributed by atoms with E-state index in [-0.39, 0.29) is 0 Å². The normalized spacial score (nSPS) is 11.2. The maximum atomic E-state index is 6.46. The molecule has 0 N–H and O–H groups in total. The molecule has 4 heterocycles. The second-order valence-electron chi connectivity index (χ2n) is 24.8. The highest BCUT2D eigenvalue weighted by Gasteiger charge is 2.27. The molecule has 14 aromatic carbocycles. The number of para-hydroxylation sites is 1. The van der Waals surface area contributed by atoms with Crippen LogP contribution in [0.3, 0.4) is 0 Å². The highest BCUT2D eigenvalue weighted by atomic mass is 32.1. The molecule has 18 aromatic rings. The van der Waals surface area contributed by atoms with Gasteiger partial charge in [-0.2, -0.15) is 0 Å². The Balaban J connectivity index is 0.000000150. The first-order valence-electron chi connectivity index (χ1n) is 33.7. The van der Waals surface area contributed by atoms with Gasteiger partial charge in [-0.15, -0.1) is 11.3 Å². The molecule has 0 fully saturated rings. The van der Waals surface area contributed by atoms with Gasteiger partial charge < -0.3 is 14.2 Å². The summed E-state index contributed by atoms with van der Waals surface area (Å²) in [4.78, 5) is 14.8. The fourth-order valence-corrected chi connectivity index (χ4v) is 15.0. The van der Waals surface area contributed by atoms with Gasteiger partial charge in [-0.3, -0.25) is 9.97 Å². The topological polar surface area (TPSA) is 45.4 Å². The van der Waals surface area contributed by atoms with Gasteiger partial charge in [0.1, 0.15) is 11.2 Å². The molecule has 0 aliphatic carbocycles. The zero-order chi connectivity index (χ0) is 66.6. The van der Waals surface area contributed by atoms with Crippen LogP contribution in [-0.4, -0.2) is 9.97 Å². The average Bonchev–Trinajstić information content (AvgIpc) is 0.959. The van der Waals surface area contributed by atoms with Crippen molar-refractivity contribution in [2.45, 2.75) is 0 Å². The Bertz CT molecular complexity index is 5370. The third-order valence-corrected chi connectivity index (χ3v) is 19.7. The van der Waals surface area contributed by atoms with Gasteiger partial charge in [-0.25, -0.2) is 0 Å². The van der Waals surface area contributed by atoms with E-state index in [0.29, 0.717) is 0 Å². The molecule has 0 atom stereocenters. The first-order chi connectivity index (χ1) is 49.6. The van der Waals surface area contributed by atoms with E-state index in [0.717, 1.165) is 134 Å². The van der Waals surface area contributed by atoms with Gasteiger partial charge in [0.05, 0.1) is 46.5 Å². The second kappa shape index (κ2) is 27.3. The van der Waals surface area contributed by atoms with Gasteiger partial charge in [0.2, 0.25) is 0 Å². The maximum absolute atomic E-state index is 6.46. The second-order valence-corrected chi connectivity index (χ2v) is 25.9. The van der Waals surface area contributed by atoms with E-state index in [1.165, 1.54) is 31.3 Å². The Morgan fingerprint density at radius 1 is 0.220 bits per heavy atom. The number of nitrogens with zero attached hydrogens (tertiary/aromatic N) is 4. The van der Waals surface area contributed by atoms with Crippen molar-refractivity contribution < 1.29 is 4.42 Å². The average molecular weight is 1300 g/mol. The van der Waals surface area contributed by atoms with Gasteiger partial charge >= 0.3 is 0 Å². The van der Waals surface area contributed by atoms with Crippen molar-refractivity contribution in [1.29, 1.82) is 0 Å². The summed E-state index contributed by atoms with van der Waals surface area (Å²) in [6.07, 6.45) is 4.01. The summed E-state index contributed by atoms with van der Waals surface area (Å²) in [6, 6.07) is 133. The van der Waals surface area contributed by atoms with Crippen LogP contribution in [-0.2, 0) is 0 Å². The number of furan rings is 1. The Kier molecular flexibility index (Phi) is 16.5. The maximum Gasteiger partial charge on any atom is 0.137 e. The molecule has 5 nitrogen and oxygen atoms in total. The Morgan fingerprint density at radius 2 is 0.540 bits per heavy atom. The zero-order valence-corrected chi connectivity index (χ0v) is 55.4. The minimum absolute atomic E-state index is 0.839. The van der Waals surface area contributed by atoms with Gasteiger partial charge in [0.25, 0.3) is 0 Å². The Labute approximate surface area is 585 Å². The lowest BCUT2D eigenvalue weighted by Crippen LogP contribution is -2.13. The van der Waals surface area contributed by atoms with E-state index in [9.17, 15) is 0 Å². The molecule has 472 valence electrons. The van der Waals surface area contributed by atoms with E-state index in [2.05, 4.69) is 350 Å². The molecule has 0 aliphatic heterocycles. The number of fused-ring (bicyclic) bond motifs is 6. The molecule has 0 spiro atoms. The zero-order valence-electron chi connectivity index (χ0n) is 54.6. The van der Waals surface area contributed by atoms with Crippen LogP contribution in [0, 0.1) is 0 Å². The minimum Gasteiger partial charge on any atom is -0.456 e. The number of pyridine rings is 2. The quantitative estimate of drug-likeness (QED) is 0.109. The van der Waals surface area contributed by atoms with Crippen molar-refractivity contribution in [2.75, 3.05) is 9.80 Å². The lowest BCUT2D eigenvalue weighted by molar-refractivity contribution is 0.669. The summed E-state index contributed by atoms with van der Waals surface area (Å²) < 4.78 is 9.01. The predicted octanol–water partition coefficient (Wildman–Crippen LogP) is 26.7. The fourth-order valence-electron chi connectivity index (χ4n) is 13.8. The molecule has 100 heavy (non-hydrogen) atoms. The molecule has 0 bridgehead atoms. The highest BCUT2D eigenvalue weighted by Crippen LogP contribution is 2.52. The van der Waals surface area contributed by atoms with Crippen molar-refractivity contribution in [2.24, 2.45) is 0 Å². The summed E-state index contributed by atoms with van der Waals surface area (Å²) >= 11 is 1.84. The van der Waals surface area contributed by atoms with Gasteiger partial charge in [-0.05, 0) is 129 Å². The van der Waals surface area contributed by atoms with Gasteiger partial charge in [0, 0.05) is 81.8 Å². The SMILES string of the molecule is c1ccc(-c2cc(-c3ccccc3)c(N(c3ccc(-c4ccccc4)nc3)c3ccc4c(c3)oc3ccccc34)c(-c3ccccc3)c2)cc1.c1ccc(-c2cc(-c3ccccc3)c(N(c3ccc(-c4ccccc4)nc3)c3ccc4c(c3)sc3ccccc34)c(-c3ccccc3)c2)cc1. The summed E-state index contributed by atoms with van der Waals surface area (Å²) in [5.41, 5.74) is 25.7. The largest absolute Gasteiger partial charge is 0.456 e. The van der Waals surface area contributed by atoms with E-state index in [4.69, 9.17) is 14.4 Å². The van der Waals surface area contributed by atoms with Crippen molar-refractivity contribution in [3.8, 4) is 89.3 Å². The molecule has 0 saturated carbocycles. The minimum atomic E-state index is 0.839. The first kappa shape index (κ1) is 60.7. The number of rotatable bonds is 14. The van der Waals surface area contributed by atoms with Crippen molar-refractivity contribution in [3.05, 3.63) is 389 Å². The third-order valence-electron chi connectivity index (χ3n) is 18.6. The monoisotopic (exact) mass is 1300 g/mol. The molecule has 6 heteroatoms. The van der Waals surface area contributed by atoms with Gasteiger partial charge in [-0.1, -0.05) is 285 Å². The molecule has 0 radical (unpaired) electrons. The lowest BCUT2D eigenvalue weighted by Gasteiger charge is -2.31. The third kappa shape index (κ3) is 12.1. The first-order valence-corrected chi connectivity index (χ1v) is 34.6. The predicted molar refractivity (Wildman–Crippen MR) is 421 cm³/mol. The molecule has 4 aromatic heterocycles. The number of hydrogen-bond acceptors (Lipinski definition) is 6. The Morgan fingerprint density at radius 3 is 0.950 bits per heavy atom. The molecule has 0 aliphatic rings. The molecular weight excluding hydrogens is 1230 g/mol. The van der Waals surface area contributed by atoms with Crippen LogP contribution in [0.2, 0.25) is 0 Å². The highest BCUT2D eigenvalue weighted by molar-refractivity contribution is 7.25. The number of anilines is 6. The summed E-state index contributed by atoms with van der Waals surface area (Å²) in [7, 11) is 0. The summed E-state index contributed by atoms with van der Waals surface area (Å²) in [6.45, 7) is 0. The van der Waals surface area contributed by atoms with Crippen LogP contribution in [0.15, 0.2) is 393 Å². The van der Waals surface area contributed by atoms with E-state index in [1.54, 1.807) is 0 Å². The van der Waals surface area contributed by atoms with Crippen LogP contribution in [0.1, 0.15) is 0 Å². The smallest absolute Gasteiger partial charge is 0.137 e. The summed E-state index contributed by atoms with van der Waals surface area (Å²) in [5.74, 6) is 0. The van der Waals surface area contributed by atoms with E-state index < -0.39 is 0 Å². The molecule has 18 rings (SSSR count). The number of aromatic nitrogens is 2. The van der Waals surface area contributed by atoms with Crippen LogP contribution in [0.25, 0.3) is 131 Å². The fraction of sp³-hybridized carbons (Fsp3) is 0. The number of hydrogen-bond donors (Lipinski definition) is 0. The van der Waals surface area contributed by atoms with Gasteiger partial charge in [0.15, 0.2) is 0 Å². The molecule has 0 unspecified atom stereocenters. The molecular formula is C94H64N4OS. The molecule has 0 amide bonds. The van der Waals surface area contributed by atoms with Crippen molar-refractivity contribution in [3.63, 3.8) is 0 Å². The van der Waals surface area contributed by atoms with E-state index >= 15 is 0 Å². The summed E-state index contributed by atoms with van der Waals surface area (Å²) in [5, 5.41) is 4.77. The van der Waals surface area contributed by atoms with Crippen LogP contribution in [0.5, 0.6) is 0 Å². The Hall–Kier alpha value is -13.0. The number of benzene rings is 14. The standard InChI is InChI=1S/C47H32N2O.C47H32N2S/c2*1-5-15-33(16-6-1)37-29-42(34-17-7-2-8-18-34)47(43(30-37)35-19-9-3-10-20-35)49(39-26-28-44(48-32-39)36-21-11-4-12-22-36)38-25-27-41-40-23-13-14-24-45(40)50-46(41)31-38/h2*1-32H. The van der Waals surface area contributed by atoms with Crippen LogP contribution >= 0.6 is 11.3 Å². The lowest BCUT2D eigenvalue weighted by atomic mass is 9.90.